The molecule has 1 aliphatic rings. The molecule has 0 radical (unpaired) electrons. The van der Waals surface area contributed by atoms with E-state index in [0.29, 0.717) is 12.0 Å². The van der Waals surface area contributed by atoms with Crippen LogP contribution in [0.1, 0.15) is 29.4 Å². The van der Waals surface area contributed by atoms with Gasteiger partial charge in [0.2, 0.25) is 0 Å². The molecule has 0 spiro atoms. The Balaban J connectivity index is 1.78. The minimum absolute atomic E-state index is 0.349. The number of hydrogen-bond acceptors (Lipinski definition) is 5. The summed E-state index contributed by atoms with van der Waals surface area (Å²) in [7, 11) is 0. The fraction of sp³-hybridized carbons (Fsp3) is 0.538. The van der Waals surface area contributed by atoms with Crippen molar-refractivity contribution in [1.82, 2.24) is 9.97 Å². The Kier molecular flexibility index (Phi) is 3.18. The fourth-order valence-corrected chi connectivity index (χ4v) is 3.12. The van der Waals surface area contributed by atoms with Crippen LogP contribution in [0.15, 0.2) is 9.80 Å². The van der Waals surface area contributed by atoms with E-state index in [1.807, 2.05) is 19.2 Å². The van der Waals surface area contributed by atoms with Gasteiger partial charge in [0.05, 0.1) is 16.8 Å². The van der Waals surface area contributed by atoms with E-state index in [-0.39, 0.29) is 0 Å². The second-order valence-electron chi connectivity index (χ2n) is 4.61. The molecule has 0 bridgehead atoms. The largest absolute Gasteiger partial charge is 0.439 e. The molecule has 4 nitrogen and oxygen atoms in total. The summed E-state index contributed by atoms with van der Waals surface area (Å²) in [6.45, 7) is 4.70. The van der Waals surface area contributed by atoms with Crippen LogP contribution in [0.25, 0.3) is 11.5 Å². The molecular weight excluding hydrogens is 248 g/mol. The summed E-state index contributed by atoms with van der Waals surface area (Å²) in [5, 5.41) is 3.15. The summed E-state index contributed by atoms with van der Waals surface area (Å²) < 4.78 is 11.2. The molecule has 0 saturated carbocycles. The van der Waals surface area contributed by atoms with Gasteiger partial charge >= 0.3 is 0 Å². The first-order chi connectivity index (χ1) is 8.72. The third-order valence-corrected chi connectivity index (χ3v) is 3.99. The fourth-order valence-electron chi connectivity index (χ4n) is 2.28. The second kappa shape index (κ2) is 4.82. The number of ether oxygens (including phenoxy) is 1. The molecule has 1 unspecified atom stereocenters. The molecule has 2 aromatic heterocycles. The highest BCUT2D eigenvalue weighted by Gasteiger charge is 2.19. The lowest BCUT2D eigenvalue weighted by Crippen LogP contribution is -2.08. The van der Waals surface area contributed by atoms with Crippen LogP contribution >= 0.6 is 11.3 Å². The Morgan fingerprint density at radius 1 is 1.39 bits per heavy atom. The zero-order chi connectivity index (χ0) is 12.5. The molecule has 3 heterocycles. The smallest absolute Gasteiger partial charge is 0.192 e. The van der Waals surface area contributed by atoms with Gasteiger partial charge in [0.1, 0.15) is 5.69 Å². The van der Waals surface area contributed by atoms with Gasteiger partial charge in [-0.2, -0.15) is 0 Å². The molecule has 0 aliphatic carbocycles. The summed E-state index contributed by atoms with van der Waals surface area (Å²) in [6.07, 6.45) is 3.58. The van der Waals surface area contributed by atoms with Crippen molar-refractivity contribution in [2.45, 2.75) is 39.2 Å². The van der Waals surface area contributed by atoms with E-state index in [2.05, 4.69) is 9.97 Å². The van der Waals surface area contributed by atoms with E-state index in [9.17, 15) is 0 Å². The lowest BCUT2D eigenvalue weighted by Gasteiger charge is -2.05. The van der Waals surface area contributed by atoms with E-state index in [4.69, 9.17) is 9.15 Å². The summed E-state index contributed by atoms with van der Waals surface area (Å²) in [4.78, 5) is 8.90. The first-order valence-corrected chi connectivity index (χ1v) is 7.11. The van der Waals surface area contributed by atoms with Gasteiger partial charge in [-0.15, -0.1) is 11.3 Å². The van der Waals surface area contributed by atoms with Crippen molar-refractivity contribution < 1.29 is 9.15 Å². The third-order valence-electron chi connectivity index (χ3n) is 3.11. The third kappa shape index (κ3) is 2.33. The Morgan fingerprint density at radius 2 is 2.28 bits per heavy atom. The van der Waals surface area contributed by atoms with E-state index >= 15 is 0 Å². The molecule has 5 heteroatoms. The summed E-state index contributed by atoms with van der Waals surface area (Å²) in [5.74, 6) is 1.48. The van der Waals surface area contributed by atoms with Crippen molar-refractivity contribution >= 4 is 11.3 Å². The number of thiazole rings is 1. The molecule has 1 atom stereocenters. The van der Waals surface area contributed by atoms with Crippen LogP contribution in [-0.4, -0.2) is 22.7 Å². The molecule has 18 heavy (non-hydrogen) atoms. The Labute approximate surface area is 110 Å². The number of oxazole rings is 1. The van der Waals surface area contributed by atoms with Gasteiger partial charge in [-0.3, -0.25) is 0 Å². The highest BCUT2D eigenvalue weighted by Crippen LogP contribution is 2.27. The number of nitrogens with zero attached hydrogens (tertiary/aromatic N) is 2. The van der Waals surface area contributed by atoms with Gasteiger partial charge < -0.3 is 9.15 Å². The topological polar surface area (TPSA) is 48.2 Å². The van der Waals surface area contributed by atoms with Crippen molar-refractivity contribution in [2.75, 3.05) is 6.61 Å². The maximum atomic E-state index is 5.63. The molecule has 1 saturated heterocycles. The van der Waals surface area contributed by atoms with Crippen LogP contribution in [0, 0.1) is 13.8 Å². The predicted octanol–water partition coefficient (Wildman–Crippen LogP) is 3.14. The molecule has 0 aromatic carbocycles. The number of aromatic nitrogens is 2. The van der Waals surface area contributed by atoms with Gasteiger partial charge in [0.25, 0.3) is 0 Å². The van der Waals surface area contributed by atoms with E-state index in [1.165, 1.54) is 6.42 Å². The standard InChI is InChI=1S/C13H16N2O2S/c1-8-13(17-9(2)14-8)11-7-18-12(15-11)6-10-4-3-5-16-10/h7,10H,3-6H2,1-2H3. The highest BCUT2D eigenvalue weighted by molar-refractivity contribution is 7.09. The second-order valence-corrected chi connectivity index (χ2v) is 5.56. The van der Waals surface area contributed by atoms with Crippen LogP contribution in [-0.2, 0) is 11.2 Å². The van der Waals surface area contributed by atoms with Crippen LogP contribution in [0.5, 0.6) is 0 Å². The van der Waals surface area contributed by atoms with Crippen molar-refractivity contribution in [3.63, 3.8) is 0 Å². The van der Waals surface area contributed by atoms with Gasteiger partial charge in [-0.1, -0.05) is 0 Å². The van der Waals surface area contributed by atoms with Crippen molar-refractivity contribution in [2.24, 2.45) is 0 Å². The Hall–Kier alpha value is -1.20. The first-order valence-electron chi connectivity index (χ1n) is 6.23. The van der Waals surface area contributed by atoms with Crippen LogP contribution in [0.2, 0.25) is 0 Å². The van der Waals surface area contributed by atoms with Gasteiger partial charge in [-0.05, 0) is 19.8 Å². The van der Waals surface area contributed by atoms with E-state index in [0.717, 1.165) is 41.6 Å². The summed E-state index contributed by atoms with van der Waals surface area (Å²) >= 11 is 1.67. The van der Waals surface area contributed by atoms with Crippen molar-refractivity contribution in [3.8, 4) is 11.5 Å². The number of hydrogen-bond donors (Lipinski definition) is 0. The van der Waals surface area contributed by atoms with Crippen molar-refractivity contribution in [1.29, 1.82) is 0 Å². The normalized spacial score (nSPS) is 19.6. The first kappa shape index (κ1) is 11.9. The average molecular weight is 264 g/mol. The minimum Gasteiger partial charge on any atom is -0.439 e. The Morgan fingerprint density at radius 3 is 2.94 bits per heavy atom. The highest BCUT2D eigenvalue weighted by atomic mass is 32.1. The van der Waals surface area contributed by atoms with Gasteiger partial charge in [0, 0.05) is 25.3 Å². The van der Waals surface area contributed by atoms with Crippen LogP contribution < -0.4 is 0 Å². The molecule has 1 aliphatic heterocycles. The zero-order valence-electron chi connectivity index (χ0n) is 10.6. The molecule has 96 valence electrons. The molecule has 3 rings (SSSR count). The molecular formula is C13H16N2O2S. The van der Waals surface area contributed by atoms with Crippen LogP contribution in [0.3, 0.4) is 0 Å². The average Bonchev–Trinajstić information content (AvgIpc) is 3.01. The monoisotopic (exact) mass is 264 g/mol. The number of rotatable bonds is 3. The molecule has 2 aromatic rings. The maximum absolute atomic E-state index is 5.63. The minimum atomic E-state index is 0.349. The molecule has 1 fully saturated rings. The van der Waals surface area contributed by atoms with E-state index in [1.54, 1.807) is 11.3 Å². The van der Waals surface area contributed by atoms with E-state index < -0.39 is 0 Å². The SMILES string of the molecule is Cc1nc(C)c(-c2csc(CC3CCCO3)n2)o1. The summed E-state index contributed by atoms with van der Waals surface area (Å²) in [6, 6.07) is 0. The van der Waals surface area contributed by atoms with Gasteiger partial charge in [-0.25, -0.2) is 9.97 Å². The number of aryl methyl sites for hydroxylation is 2. The quantitative estimate of drug-likeness (QED) is 0.854. The summed E-state index contributed by atoms with van der Waals surface area (Å²) in [5.41, 5.74) is 1.80. The lowest BCUT2D eigenvalue weighted by molar-refractivity contribution is 0.111. The van der Waals surface area contributed by atoms with Crippen molar-refractivity contribution in [3.05, 3.63) is 22.0 Å². The molecule has 0 N–H and O–H groups in total. The zero-order valence-corrected chi connectivity index (χ0v) is 11.4. The van der Waals surface area contributed by atoms with Crippen LogP contribution in [0.4, 0.5) is 0 Å². The lowest BCUT2D eigenvalue weighted by atomic mass is 10.2. The molecule has 0 amide bonds. The van der Waals surface area contributed by atoms with Gasteiger partial charge in [0.15, 0.2) is 11.7 Å². The Bertz CT molecular complexity index is 541. The maximum Gasteiger partial charge on any atom is 0.192 e. The predicted molar refractivity (Wildman–Crippen MR) is 69.8 cm³/mol.